The molecule has 2 aromatic rings. The van der Waals surface area contributed by atoms with Gasteiger partial charge in [0.05, 0.1) is 19.0 Å². The molecule has 1 aliphatic rings. The maximum atomic E-state index is 9.26. The van der Waals surface area contributed by atoms with E-state index < -0.39 is 0 Å². The second-order valence-electron chi connectivity index (χ2n) is 5.53. The molecule has 2 aromatic heterocycles. The summed E-state index contributed by atoms with van der Waals surface area (Å²) in [5.74, 6) is 1.75. The number of fused-ring (bicyclic) bond motifs is 1. The molecule has 1 saturated heterocycles. The van der Waals surface area contributed by atoms with Gasteiger partial charge >= 0.3 is 0 Å². The van der Waals surface area contributed by atoms with Crippen LogP contribution >= 0.6 is 11.8 Å². The molecule has 0 aliphatic carbocycles. The van der Waals surface area contributed by atoms with E-state index in [0.29, 0.717) is 0 Å². The first-order valence-electron chi connectivity index (χ1n) is 8.14. The maximum absolute atomic E-state index is 9.26. The summed E-state index contributed by atoms with van der Waals surface area (Å²) in [6.07, 6.45) is 4.33. The first-order chi connectivity index (χ1) is 11.3. The number of anilines is 1. The van der Waals surface area contributed by atoms with Crippen LogP contribution in [-0.2, 0) is 4.74 Å². The highest BCUT2D eigenvalue weighted by atomic mass is 32.2. The third-order valence-corrected chi connectivity index (χ3v) is 4.83. The van der Waals surface area contributed by atoms with Crippen molar-refractivity contribution >= 4 is 28.7 Å². The van der Waals surface area contributed by atoms with Crippen molar-refractivity contribution < 1.29 is 9.84 Å². The van der Waals surface area contributed by atoms with Crippen LogP contribution in [0.1, 0.15) is 39.3 Å². The highest BCUT2D eigenvalue weighted by Gasteiger charge is 2.28. The van der Waals surface area contributed by atoms with Gasteiger partial charge in [-0.2, -0.15) is 0 Å². The van der Waals surface area contributed by atoms with Gasteiger partial charge in [0.25, 0.3) is 0 Å². The van der Waals surface area contributed by atoms with E-state index >= 15 is 0 Å². The molecule has 3 heterocycles. The molecule has 0 aromatic carbocycles. The van der Waals surface area contributed by atoms with Crippen LogP contribution in [0.5, 0.6) is 0 Å². The monoisotopic (exact) mass is 337 g/mol. The smallest absolute Gasteiger partial charge is 0.191 e. The van der Waals surface area contributed by atoms with Crippen molar-refractivity contribution in [3.8, 4) is 0 Å². The zero-order valence-electron chi connectivity index (χ0n) is 13.5. The molecule has 0 bridgehead atoms. The molecular weight excluding hydrogens is 314 g/mol. The van der Waals surface area contributed by atoms with Crippen molar-refractivity contribution in [2.75, 3.05) is 24.2 Å². The third kappa shape index (κ3) is 3.44. The van der Waals surface area contributed by atoms with Gasteiger partial charge in [-0.15, -0.1) is 0 Å². The van der Waals surface area contributed by atoms with E-state index in [1.165, 1.54) is 0 Å². The van der Waals surface area contributed by atoms with Gasteiger partial charge in [0.15, 0.2) is 22.1 Å². The van der Waals surface area contributed by atoms with Crippen molar-refractivity contribution in [3.63, 3.8) is 0 Å². The predicted octanol–water partition coefficient (Wildman–Crippen LogP) is 2.43. The first-order valence-corrected chi connectivity index (χ1v) is 9.12. The number of rotatable bonds is 7. The minimum absolute atomic E-state index is 0.0539. The lowest BCUT2D eigenvalue weighted by Gasteiger charge is -2.14. The Labute approximate surface area is 139 Å². The van der Waals surface area contributed by atoms with Crippen LogP contribution in [0, 0.1) is 0 Å². The van der Waals surface area contributed by atoms with E-state index in [2.05, 4.69) is 27.2 Å². The van der Waals surface area contributed by atoms with E-state index in [4.69, 9.17) is 4.74 Å². The fourth-order valence-electron chi connectivity index (χ4n) is 2.68. The molecule has 3 rings (SSSR count). The molecule has 7 nitrogen and oxygen atoms in total. The van der Waals surface area contributed by atoms with Gasteiger partial charge < -0.3 is 15.2 Å². The predicted molar refractivity (Wildman–Crippen MR) is 90.7 cm³/mol. The fourth-order valence-corrected chi connectivity index (χ4v) is 3.38. The summed E-state index contributed by atoms with van der Waals surface area (Å²) in [6, 6.07) is 0. The number of thioether (sulfide) groups is 1. The van der Waals surface area contributed by atoms with Gasteiger partial charge in [-0.25, -0.2) is 15.0 Å². The van der Waals surface area contributed by atoms with Gasteiger partial charge in [-0.05, 0) is 26.2 Å². The minimum atomic E-state index is -0.120. The SMILES string of the molecule is CCCSc1nc(NCC)c2ncn(C3CCC(CO)O3)c2n1. The number of ether oxygens (including phenoxy) is 1. The molecule has 23 heavy (non-hydrogen) atoms. The third-order valence-electron chi connectivity index (χ3n) is 3.78. The Hall–Kier alpha value is -1.38. The maximum Gasteiger partial charge on any atom is 0.191 e. The molecule has 0 radical (unpaired) electrons. The Kier molecular flexibility index (Phi) is 5.34. The number of nitrogens with one attached hydrogen (secondary N) is 1. The van der Waals surface area contributed by atoms with Crippen LogP contribution in [-0.4, -0.2) is 49.6 Å². The van der Waals surface area contributed by atoms with Crippen molar-refractivity contribution in [3.05, 3.63) is 6.33 Å². The van der Waals surface area contributed by atoms with Crippen LogP contribution in [0.15, 0.2) is 11.5 Å². The Balaban J connectivity index is 1.97. The van der Waals surface area contributed by atoms with Gasteiger partial charge in [0, 0.05) is 12.3 Å². The van der Waals surface area contributed by atoms with Gasteiger partial charge in [-0.1, -0.05) is 18.7 Å². The van der Waals surface area contributed by atoms with Crippen LogP contribution in [0.3, 0.4) is 0 Å². The van der Waals surface area contributed by atoms with Crippen LogP contribution in [0.2, 0.25) is 0 Å². The number of aliphatic hydroxyl groups excluding tert-OH is 1. The summed E-state index contributed by atoms with van der Waals surface area (Å²) < 4.78 is 7.83. The Bertz CT molecular complexity index is 663. The molecule has 2 atom stereocenters. The molecule has 1 fully saturated rings. The summed E-state index contributed by atoms with van der Waals surface area (Å²) >= 11 is 1.65. The zero-order chi connectivity index (χ0) is 16.2. The molecule has 2 unspecified atom stereocenters. The fraction of sp³-hybridized carbons (Fsp3) is 0.667. The Morgan fingerprint density at radius 1 is 1.39 bits per heavy atom. The normalized spacial score (nSPS) is 21.2. The first kappa shape index (κ1) is 16.5. The molecule has 0 saturated carbocycles. The topological polar surface area (TPSA) is 85.1 Å². The van der Waals surface area contributed by atoms with Crippen molar-refractivity contribution in [2.24, 2.45) is 0 Å². The average Bonchev–Trinajstić information content (AvgIpc) is 3.19. The largest absolute Gasteiger partial charge is 0.394 e. The minimum Gasteiger partial charge on any atom is -0.394 e. The van der Waals surface area contributed by atoms with Crippen LogP contribution < -0.4 is 5.32 Å². The Morgan fingerprint density at radius 3 is 2.96 bits per heavy atom. The van der Waals surface area contributed by atoms with Gasteiger partial charge in [0.1, 0.15) is 6.23 Å². The number of hydrogen-bond donors (Lipinski definition) is 2. The van der Waals surface area contributed by atoms with Crippen LogP contribution in [0.4, 0.5) is 5.82 Å². The van der Waals surface area contributed by atoms with E-state index in [1.807, 2.05) is 11.5 Å². The van der Waals surface area contributed by atoms with E-state index in [-0.39, 0.29) is 18.9 Å². The number of imidazole rings is 1. The molecule has 0 spiro atoms. The van der Waals surface area contributed by atoms with Crippen molar-refractivity contribution in [1.29, 1.82) is 0 Å². The molecule has 8 heteroatoms. The molecule has 1 aliphatic heterocycles. The number of nitrogens with zero attached hydrogens (tertiary/aromatic N) is 4. The standard InChI is InChI=1S/C15H23N5O2S/c1-3-7-23-15-18-13(16-4-2)12-14(19-15)20(9-17-12)11-6-5-10(8-21)22-11/h9-11,21H,3-8H2,1-2H3,(H,16,18,19). The highest BCUT2D eigenvalue weighted by Crippen LogP contribution is 2.32. The summed E-state index contributed by atoms with van der Waals surface area (Å²) in [7, 11) is 0. The van der Waals surface area contributed by atoms with Crippen LogP contribution in [0.25, 0.3) is 11.2 Å². The molecule has 0 amide bonds. The zero-order valence-corrected chi connectivity index (χ0v) is 14.3. The van der Waals surface area contributed by atoms with E-state index in [1.54, 1.807) is 18.1 Å². The quantitative estimate of drug-likeness (QED) is 0.593. The Morgan fingerprint density at radius 2 is 2.26 bits per heavy atom. The lowest BCUT2D eigenvalue weighted by Crippen LogP contribution is -2.14. The molecule has 2 N–H and O–H groups in total. The summed E-state index contributed by atoms with van der Waals surface area (Å²) in [5, 5.41) is 13.3. The number of aliphatic hydroxyl groups is 1. The highest BCUT2D eigenvalue weighted by molar-refractivity contribution is 7.99. The second-order valence-corrected chi connectivity index (χ2v) is 6.59. The molecule has 126 valence electrons. The summed E-state index contributed by atoms with van der Waals surface area (Å²) in [4.78, 5) is 13.7. The van der Waals surface area contributed by atoms with Gasteiger partial charge in [0.2, 0.25) is 0 Å². The summed E-state index contributed by atoms with van der Waals surface area (Å²) in [5.41, 5.74) is 1.56. The number of aromatic nitrogens is 4. The summed E-state index contributed by atoms with van der Waals surface area (Å²) in [6.45, 7) is 5.01. The van der Waals surface area contributed by atoms with Crippen molar-refractivity contribution in [1.82, 2.24) is 19.5 Å². The van der Waals surface area contributed by atoms with E-state index in [0.717, 1.165) is 53.7 Å². The van der Waals surface area contributed by atoms with E-state index in [9.17, 15) is 5.11 Å². The average molecular weight is 337 g/mol. The lowest BCUT2D eigenvalue weighted by molar-refractivity contribution is -0.0207. The van der Waals surface area contributed by atoms with Crippen molar-refractivity contribution in [2.45, 2.75) is 50.6 Å². The second kappa shape index (κ2) is 7.46. The molecular formula is C15H23N5O2S. The number of hydrogen-bond acceptors (Lipinski definition) is 7. The van der Waals surface area contributed by atoms with Gasteiger partial charge in [-0.3, -0.25) is 4.57 Å². The lowest BCUT2D eigenvalue weighted by atomic mass is 10.2.